The second-order valence-electron chi connectivity index (χ2n) is 7.08. The number of carbonyl (C=O) groups excluding carboxylic acids is 2. The number of amides is 2. The molecule has 0 bridgehead atoms. The van der Waals surface area contributed by atoms with Crippen molar-refractivity contribution in [2.75, 3.05) is 39.3 Å². The van der Waals surface area contributed by atoms with Crippen molar-refractivity contribution in [1.82, 2.24) is 9.80 Å². The molecule has 7 heteroatoms. The molecule has 0 aliphatic carbocycles. The van der Waals surface area contributed by atoms with Gasteiger partial charge in [0, 0.05) is 32.7 Å². The molecule has 26 heavy (non-hydrogen) atoms. The van der Waals surface area contributed by atoms with E-state index in [9.17, 15) is 14.0 Å². The van der Waals surface area contributed by atoms with E-state index in [1.807, 2.05) is 4.90 Å². The summed E-state index contributed by atoms with van der Waals surface area (Å²) in [4.78, 5) is 29.3. The van der Waals surface area contributed by atoms with E-state index in [0.29, 0.717) is 31.8 Å². The molecule has 2 saturated heterocycles. The van der Waals surface area contributed by atoms with Crippen LogP contribution in [0.25, 0.3) is 0 Å². The smallest absolute Gasteiger partial charge is 0.257 e. The van der Waals surface area contributed by atoms with Crippen LogP contribution >= 0.6 is 0 Å². The normalized spacial score (nSPS) is 22.5. The highest BCUT2D eigenvalue weighted by Crippen LogP contribution is 2.41. The standard InChI is InChI=1S/C19H26FN3O3/c1-2-8-22-9-5-19(18(22)25)6-10-23(13-19)17(24)15-12-14(20)3-4-16(15)26-11-7-21/h3-4,12H,2,5-11,13,21H2,1H3. The molecule has 1 atom stereocenters. The maximum absolute atomic E-state index is 13.7. The van der Waals surface area contributed by atoms with Crippen LogP contribution in [0.5, 0.6) is 5.75 Å². The number of carbonyl (C=O) groups is 2. The molecule has 0 radical (unpaired) electrons. The van der Waals surface area contributed by atoms with E-state index in [0.717, 1.165) is 25.9 Å². The Kier molecular flexibility index (Phi) is 5.46. The average Bonchev–Trinajstić information content (AvgIpc) is 3.20. The SMILES string of the molecule is CCCN1CCC2(CCN(C(=O)c3cc(F)ccc3OCCN)C2)C1=O. The molecule has 0 saturated carbocycles. The van der Waals surface area contributed by atoms with Gasteiger partial charge in [0.05, 0.1) is 11.0 Å². The summed E-state index contributed by atoms with van der Waals surface area (Å²) >= 11 is 0. The van der Waals surface area contributed by atoms with Crippen LogP contribution in [0.4, 0.5) is 4.39 Å². The van der Waals surface area contributed by atoms with E-state index >= 15 is 0 Å². The van der Waals surface area contributed by atoms with Gasteiger partial charge in [-0.05, 0) is 37.5 Å². The zero-order chi connectivity index (χ0) is 18.7. The monoisotopic (exact) mass is 363 g/mol. The first-order valence-electron chi connectivity index (χ1n) is 9.22. The second-order valence-corrected chi connectivity index (χ2v) is 7.08. The van der Waals surface area contributed by atoms with Crippen molar-refractivity contribution >= 4 is 11.8 Å². The second kappa shape index (κ2) is 7.61. The van der Waals surface area contributed by atoms with E-state index in [-0.39, 0.29) is 24.0 Å². The summed E-state index contributed by atoms with van der Waals surface area (Å²) in [6.45, 7) is 5.00. The molecular formula is C19H26FN3O3. The van der Waals surface area contributed by atoms with E-state index in [1.165, 1.54) is 18.2 Å². The third-order valence-electron chi connectivity index (χ3n) is 5.28. The van der Waals surface area contributed by atoms with Crippen molar-refractivity contribution in [2.24, 2.45) is 11.1 Å². The summed E-state index contributed by atoms with van der Waals surface area (Å²) in [5.74, 6) is -0.315. The third kappa shape index (κ3) is 3.40. The molecule has 1 aromatic carbocycles. The van der Waals surface area contributed by atoms with Gasteiger partial charge in [-0.2, -0.15) is 0 Å². The highest BCUT2D eigenvalue weighted by Gasteiger charge is 2.51. The summed E-state index contributed by atoms with van der Waals surface area (Å²) in [7, 11) is 0. The molecule has 3 rings (SSSR count). The van der Waals surface area contributed by atoms with Crippen LogP contribution in [-0.4, -0.2) is 60.9 Å². The Morgan fingerprint density at radius 2 is 2.12 bits per heavy atom. The lowest BCUT2D eigenvalue weighted by atomic mass is 9.85. The number of rotatable bonds is 6. The minimum atomic E-state index is -0.492. The zero-order valence-corrected chi connectivity index (χ0v) is 15.2. The molecule has 0 aromatic heterocycles. The van der Waals surface area contributed by atoms with Gasteiger partial charge >= 0.3 is 0 Å². The van der Waals surface area contributed by atoms with E-state index < -0.39 is 11.2 Å². The maximum Gasteiger partial charge on any atom is 0.257 e. The average molecular weight is 363 g/mol. The largest absolute Gasteiger partial charge is 0.491 e. The molecule has 1 unspecified atom stereocenters. The van der Waals surface area contributed by atoms with Gasteiger partial charge in [-0.25, -0.2) is 4.39 Å². The van der Waals surface area contributed by atoms with Gasteiger partial charge in [-0.3, -0.25) is 9.59 Å². The summed E-state index contributed by atoms with van der Waals surface area (Å²) in [6, 6.07) is 3.91. The van der Waals surface area contributed by atoms with Crippen LogP contribution in [0.1, 0.15) is 36.5 Å². The van der Waals surface area contributed by atoms with E-state index in [2.05, 4.69) is 6.92 Å². The number of likely N-dealkylation sites (tertiary alicyclic amines) is 2. The number of nitrogens with two attached hydrogens (primary N) is 1. The fourth-order valence-electron chi connectivity index (χ4n) is 3.93. The minimum Gasteiger partial charge on any atom is -0.491 e. The summed E-state index contributed by atoms with van der Waals surface area (Å²) < 4.78 is 19.2. The molecule has 2 N–H and O–H groups in total. The molecule has 2 fully saturated rings. The third-order valence-corrected chi connectivity index (χ3v) is 5.28. The van der Waals surface area contributed by atoms with E-state index in [1.54, 1.807) is 4.90 Å². The lowest BCUT2D eigenvalue weighted by molar-refractivity contribution is -0.135. The summed E-state index contributed by atoms with van der Waals surface area (Å²) in [6.07, 6.45) is 2.36. The molecule has 2 heterocycles. The summed E-state index contributed by atoms with van der Waals surface area (Å²) in [5, 5.41) is 0. The Balaban J connectivity index is 1.76. The Bertz CT molecular complexity index is 697. The Morgan fingerprint density at radius 1 is 1.35 bits per heavy atom. The van der Waals surface area contributed by atoms with Crippen molar-refractivity contribution in [3.05, 3.63) is 29.6 Å². The predicted octanol–water partition coefficient (Wildman–Crippen LogP) is 1.64. The molecule has 6 nitrogen and oxygen atoms in total. The first-order valence-corrected chi connectivity index (χ1v) is 9.22. The number of hydrogen-bond donors (Lipinski definition) is 1. The molecule has 2 aliphatic heterocycles. The highest BCUT2D eigenvalue weighted by atomic mass is 19.1. The van der Waals surface area contributed by atoms with Gasteiger partial charge in [0.1, 0.15) is 18.2 Å². The first-order chi connectivity index (χ1) is 12.5. The molecule has 2 aliphatic rings. The zero-order valence-electron chi connectivity index (χ0n) is 15.2. The topological polar surface area (TPSA) is 75.9 Å². The Labute approximate surface area is 153 Å². The molecule has 1 spiro atoms. The minimum absolute atomic E-state index is 0.147. The highest BCUT2D eigenvalue weighted by molar-refractivity contribution is 5.98. The van der Waals surface area contributed by atoms with Crippen molar-refractivity contribution in [3.8, 4) is 5.75 Å². The van der Waals surface area contributed by atoms with Crippen LogP contribution in [-0.2, 0) is 4.79 Å². The van der Waals surface area contributed by atoms with Crippen LogP contribution in [0.15, 0.2) is 18.2 Å². The van der Waals surface area contributed by atoms with Crippen LogP contribution in [0, 0.1) is 11.2 Å². The molecule has 2 amide bonds. The Morgan fingerprint density at radius 3 is 2.85 bits per heavy atom. The predicted molar refractivity (Wildman–Crippen MR) is 95.4 cm³/mol. The van der Waals surface area contributed by atoms with Crippen LogP contribution in [0.2, 0.25) is 0 Å². The van der Waals surface area contributed by atoms with Gasteiger partial charge in [-0.1, -0.05) is 6.92 Å². The van der Waals surface area contributed by atoms with Gasteiger partial charge in [0.2, 0.25) is 5.91 Å². The fourth-order valence-corrected chi connectivity index (χ4v) is 3.93. The number of benzene rings is 1. The van der Waals surface area contributed by atoms with Gasteiger partial charge in [-0.15, -0.1) is 0 Å². The number of nitrogens with zero attached hydrogens (tertiary/aromatic N) is 2. The van der Waals surface area contributed by atoms with Crippen LogP contribution < -0.4 is 10.5 Å². The first kappa shape index (κ1) is 18.6. The number of hydrogen-bond acceptors (Lipinski definition) is 4. The molecule has 142 valence electrons. The lowest BCUT2D eigenvalue weighted by Crippen LogP contribution is -2.38. The molecule has 1 aromatic rings. The summed E-state index contributed by atoms with van der Waals surface area (Å²) in [5.41, 5.74) is 5.16. The van der Waals surface area contributed by atoms with E-state index in [4.69, 9.17) is 10.5 Å². The Hall–Kier alpha value is -2.15. The molecular weight excluding hydrogens is 337 g/mol. The van der Waals surface area contributed by atoms with Gasteiger partial charge < -0.3 is 20.3 Å². The van der Waals surface area contributed by atoms with Gasteiger partial charge in [0.15, 0.2) is 0 Å². The van der Waals surface area contributed by atoms with Crippen molar-refractivity contribution in [1.29, 1.82) is 0 Å². The van der Waals surface area contributed by atoms with Crippen molar-refractivity contribution in [3.63, 3.8) is 0 Å². The van der Waals surface area contributed by atoms with Gasteiger partial charge in [0.25, 0.3) is 5.91 Å². The van der Waals surface area contributed by atoms with Crippen molar-refractivity contribution < 1.29 is 18.7 Å². The number of ether oxygens (including phenoxy) is 1. The quantitative estimate of drug-likeness (QED) is 0.834. The number of halogens is 1. The maximum atomic E-state index is 13.7. The van der Waals surface area contributed by atoms with Crippen molar-refractivity contribution in [2.45, 2.75) is 26.2 Å². The van der Waals surface area contributed by atoms with Crippen LogP contribution in [0.3, 0.4) is 0 Å². The fraction of sp³-hybridized carbons (Fsp3) is 0.579. The lowest BCUT2D eigenvalue weighted by Gasteiger charge is -2.24.